The molecule has 10 heavy (non-hydrogen) atoms. The highest BCUT2D eigenvalue weighted by Crippen LogP contribution is 2.05. The van der Waals surface area contributed by atoms with Gasteiger partial charge in [-0.3, -0.25) is 0 Å². The zero-order chi connectivity index (χ0) is 7.40. The molecule has 1 rings (SSSR count). The quantitative estimate of drug-likeness (QED) is 0.465. The van der Waals surface area contributed by atoms with Crippen molar-refractivity contribution in [1.29, 1.82) is 0 Å². The lowest BCUT2D eigenvalue weighted by Crippen LogP contribution is -1.80. The van der Waals surface area contributed by atoms with Crippen LogP contribution in [-0.4, -0.2) is 11.0 Å². The van der Waals surface area contributed by atoms with Crippen molar-refractivity contribution in [3.05, 3.63) is 35.9 Å². The van der Waals surface area contributed by atoms with Crippen molar-refractivity contribution < 1.29 is 9.90 Å². The maximum atomic E-state index is 9.89. The molecule has 0 heterocycles. The van der Waals surface area contributed by atoms with E-state index in [1.165, 1.54) is 5.94 Å². The predicted molar refractivity (Wildman–Crippen MR) is 38.2 cm³/mol. The molecule has 0 radical (unpaired) electrons. The molecule has 0 unspecified atom stereocenters. The number of benzene rings is 1. The number of carbonyl (C=O) groups excluding carboxylic acids is 1. The first-order valence-corrected chi connectivity index (χ1v) is 2.84. The molecule has 0 aliphatic heterocycles. The fraction of sp³-hybridized carbons (Fsp3) is 0. The minimum absolute atomic E-state index is 0.347. The third-order valence-electron chi connectivity index (χ3n) is 1.14. The molecule has 0 aromatic heterocycles. The maximum absolute atomic E-state index is 9.89. The Morgan fingerprint density at radius 2 is 1.90 bits per heavy atom. The second-order valence-corrected chi connectivity index (χ2v) is 1.82. The first-order chi connectivity index (χ1) is 4.84. The molecular formula is C8H6O2. The molecular weight excluding hydrogens is 128 g/mol. The molecule has 0 bridgehead atoms. The van der Waals surface area contributed by atoms with Gasteiger partial charge in [0.05, 0.1) is 0 Å². The first kappa shape index (κ1) is 6.59. The summed E-state index contributed by atoms with van der Waals surface area (Å²) in [5.74, 6) is 1.06. The highest BCUT2D eigenvalue weighted by molar-refractivity contribution is 5.81. The molecule has 0 saturated carbocycles. The van der Waals surface area contributed by atoms with Gasteiger partial charge in [-0.15, -0.1) is 0 Å². The zero-order valence-corrected chi connectivity index (χ0v) is 5.24. The Labute approximate surface area is 58.4 Å². The van der Waals surface area contributed by atoms with Gasteiger partial charge in [0, 0.05) is 5.56 Å². The molecule has 2 heteroatoms. The largest absolute Gasteiger partial charge is 0.499 e. The van der Waals surface area contributed by atoms with Gasteiger partial charge >= 0.3 is 0 Å². The van der Waals surface area contributed by atoms with Crippen LogP contribution in [0.15, 0.2) is 30.3 Å². The fourth-order valence-electron chi connectivity index (χ4n) is 0.655. The van der Waals surface area contributed by atoms with Crippen molar-refractivity contribution in [3.8, 4) is 0 Å². The maximum Gasteiger partial charge on any atom is 0.208 e. The molecule has 2 nitrogen and oxygen atoms in total. The summed E-state index contributed by atoms with van der Waals surface area (Å²) < 4.78 is 0. The second kappa shape index (κ2) is 2.85. The van der Waals surface area contributed by atoms with E-state index in [4.69, 9.17) is 5.11 Å². The van der Waals surface area contributed by atoms with E-state index in [-0.39, 0.29) is 5.76 Å². The lowest BCUT2D eigenvalue weighted by Gasteiger charge is -1.91. The van der Waals surface area contributed by atoms with Gasteiger partial charge in [0.25, 0.3) is 0 Å². The Kier molecular flexibility index (Phi) is 1.88. The van der Waals surface area contributed by atoms with Crippen LogP contribution in [0.5, 0.6) is 0 Å². The molecule has 0 spiro atoms. The third kappa shape index (κ3) is 1.24. The van der Waals surface area contributed by atoms with E-state index >= 15 is 0 Å². The molecule has 0 aliphatic rings. The standard InChI is InChI=1S/C8H6O2/c9-6-8(10)7-4-2-1-3-5-7/h1-5,10H. The lowest BCUT2D eigenvalue weighted by atomic mass is 10.2. The van der Waals surface area contributed by atoms with Gasteiger partial charge in [0.1, 0.15) is 0 Å². The number of hydrogen-bond donors (Lipinski definition) is 1. The highest BCUT2D eigenvalue weighted by atomic mass is 16.3. The van der Waals surface area contributed by atoms with Gasteiger partial charge in [0.15, 0.2) is 5.94 Å². The van der Waals surface area contributed by atoms with Gasteiger partial charge in [-0.2, -0.15) is 0 Å². The van der Waals surface area contributed by atoms with Crippen LogP contribution >= 0.6 is 0 Å². The number of aliphatic hydroxyl groups is 1. The summed E-state index contributed by atoms with van der Waals surface area (Å²) in [4.78, 5) is 9.89. The summed E-state index contributed by atoms with van der Waals surface area (Å²) in [5, 5.41) is 8.82. The average Bonchev–Trinajstić information content (AvgIpc) is 2.05. The predicted octanol–water partition coefficient (Wildman–Crippen LogP) is 1.42. The molecule has 0 saturated heterocycles. The molecule has 0 fully saturated rings. The Balaban J connectivity index is 3.08. The highest BCUT2D eigenvalue weighted by Gasteiger charge is 1.94. The molecule has 0 amide bonds. The van der Waals surface area contributed by atoms with Gasteiger partial charge < -0.3 is 5.11 Å². The topological polar surface area (TPSA) is 37.3 Å². The van der Waals surface area contributed by atoms with Crippen LogP contribution in [-0.2, 0) is 4.79 Å². The van der Waals surface area contributed by atoms with Crippen LogP contribution in [0.4, 0.5) is 0 Å². The average molecular weight is 134 g/mol. The summed E-state index contributed by atoms with van der Waals surface area (Å²) in [6.45, 7) is 0. The van der Waals surface area contributed by atoms with Crippen molar-refractivity contribution in [2.45, 2.75) is 0 Å². The zero-order valence-electron chi connectivity index (χ0n) is 5.24. The second-order valence-electron chi connectivity index (χ2n) is 1.82. The number of aliphatic hydroxyl groups excluding tert-OH is 1. The molecule has 1 N–H and O–H groups in total. The van der Waals surface area contributed by atoms with E-state index < -0.39 is 0 Å². The van der Waals surface area contributed by atoms with Crippen molar-refractivity contribution in [2.75, 3.05) is 0 Å². The van der Waals surface area contributed by atoms with Crippen LogP contribution in [0.2, 0.25) is 0 Å². The van der Waals surface area contributed by atoms with Crippen LogP contribution < -0.4 is 0 Å². The fourth-order valence-corrected chi connectivity index (χ4v) is 0.655. The Bertz CT molecular complexity index is 258. The summed E-state index contributed by atoms with van der Waals surface area (Å²) in [7, 11) is 0. The van der Waals surface area contributed by atoms with Crippen molar-refractivity contribution in [3.63, 3.8) is 0 Å². The first-order valence-electron chi connectivity index (χ1n) is 2.84. The van der Waals surface area contributed by atoms with Crippen LogP contribution in [0.1, 0.15) is 5.56 Å². The minimum atomic E-state index is -0.347. The van der Waals surface area contributed by atoms with Gasteiger partial charge in [-0.25, -0.2) is 4.79 Å². The van der Waals surface area contributed by atoms with Crippen LogP contribution in [0.25, 0.3) is 5.76 Å². The third-order valence-corrected chi connectivity index (χ3v) is 1.14. The van der Waals surface area contributed by atoms with Crippen molar-refractivity contribution in [1.82, 2.24) is 0 Å². The van der Waals surface area contributed by atoms with E-state index in [1.807, 2.05) is 6.07 Å². The Morgan fingerprint density at radius 1 is 1.30 bits per heavy atom. The van der Waals surface area contributed by atoms with E-state index in [1.54, 1.807) is 24.3 Å². The smallest absolute Gasteiger partial charge is 0.208 e. The van der Waals surface area contributed by atoms with Gasteiger partial charge in [0.2, 0.25) is 5.76 Å². The molecule has 50 valence electrons. The Hall–Kier alpha value is -1.53. The number of hydrogen-bond acceptors (Lipinski definition) is 2. The van der Waals surface area contributed by atoms with Gasteiger partial charge in [-0.1, -0.05) is 30.3 Å². The van der Waals surface area contributed by atoms with Crippen molar-refractivity contribution >= 4 is 11.7 Å². The number of rotatable bonds is 1. The van der Waals surface area contributed by atoms with Crippen LogP contribution in [0.3, 0.4) is 0 Å². The molecule has 0 aliphatic carbocycles. The van der Waals surface area contributed by atoms with E-state index in [0.717, 1.165) is 0 Å². The monoisotopic (exact) mass is 134 g/mol. The molecule has 1 aromatic carbocycles. The van der Waals surface area contributed by atoms with Crippen molar-refractivity contribution in [2.24, 2.45) is 0 Å². The van der Waals surface area contributed by atoms with Gasteiger partial charge in [-0.05, 0) is 0 Å². The molecule has 0 atom stereocenters. The summed E-state index contributed by atoms with van der Waals surface area (Å²) in [6.07, 6.45) is 0. The normalized spacial score (nSPS) is 8.40. The summed E-state index contributed by atoms with van der Waals surface area (Å²) in [5.41, 5.74) is 0.498. The Morgan fingerprint density at radius 3 is 2.40 bits per heavy atom. The van der Waals surface area contributed by atoms with E-state index in [0.29, 0.717) is 5.56 Å². The van der Waals surface area contributed by atoms with E-state index in [2.05, 4.69) is 0 Å². The summed E-state index contributed by atoms with van der Waals surface area (Å²) in [6, 6.07) is 8.56. The van der Waals surface area contributed by atoms with Crippen LogP contribution in [0, 0.1) is 0 Å². The summed E-state index contributed by atoms with van der Waals surface area (Å²) >= 11 is 0. The van der Waals surface area contributed by atoms with E-state index in [9.17, 15) is 4.79 Å². The lowest BCUT2D eigenvalue weighted by molar-refractivity contribution is 0.503. The SMILES string of the molecule is O=C=C(O)c1ccccc1. The minimum Gasteiger partial charge on any atom is -0.499 e. The molecule has 1 aromatic rings.